The minimum atomic E-state index is -5.51. The van der Waals surface area contributed by atoms with Crippen LogP contribution >= 0.6 is 0 Å². The van der Waals surface area contributed by atoms with Crippen molar-refractivity contribution < 1.29 is 21.6 Å². The van der Waals surface area contributed by atoms with Crippen molar-refractivity contribution in [2.75, 3.05) is 4.72 Å². The number of aromatic nitrogens is 3. The summed E-state index contributed by atoms with van der Waals surface area (Å²) in [6.07, 6.45) is 1.62. The van der Waals surface area contributed by atoms with Crippen molar-refractivity contribution in [3.8, 4) is 0 Å². The van der Waals surface area contributed by atoms with Crippen molar-refractivity contribution in [3.05, 3.63) is 74.9 Å². The normalized spacial score (nSPS) is 12.6. The van der Waals surface area contributed by atoms with Crippen molar-refractivity contribution in [2.45, 2.75) is 18.5 Å². The number of hydrogen-bond donors (Lipinski definition) is 1. The van der Waals surface area contributed by atoms with Gasteiger partial charge in [-0.2, -0.15) is 21.6 Å². The number of sulfonamides is 1. The fourth-order valence-corrected chi connectivity index (χ4v) is 3.68. The minimum absolute atomic E-state index is 0.0346. The average molecular weight is 438 g/mol. The van der Waals surface area contributed by atoms with Gasteiger partial charge in [0.05, 0.1) is 6.20 Å². The third kappa shape index (κ3) is 3.28. The second-order valence-corrected chi connectivity index (χ2v) is 8.18. The Hall–Kier alpha value is -3.41. The summed E-state index contributed by atoms with van der Waals surface area (Å²) in [5, 5.41) is 0. The molecule has 0 spiro atoms. The highest BCUT2D eigenvalue weighted by atomic mass is 32.2. The maximum absolute atomic E-state index is 12.7. The Morgan fingerprint density at radius 3 is 2.30 bits per heavy atom. The molecule has 0 saturated heterocycles. The first-order chi connectivity index (χ1) is 14.1. The summed E-state index contributed by atoms with van der Waals surface area (Å²) in [7, 11) is -5.51. The van der Waals surface area contributed by atoms with Gasteiger partial charge in [-0.15, -0.1) is 0 Å². The monoisotopic (exact) mass is 438 g/mol. The van der Waals surface area contributed by atoms with Crippen LogP contribution in [0.3, 0.4) is 0 Å². The number of nitrogens with one attached hydrogen (secondary N) is 1. The minimum Gasteiger partial charge on any atom is -0.283 e. The van der Waals surface area contributed by atoms with E-state index in [2.05, 4.69) is 4.98 Å². The molecule has 3 heterocycles. The van der Waals surface area contributed by atoms with E-state index < -0.39 is 26.7 Å². The molecule has 0 bridgehead atoms. The van der Waals surface area contributed by atoms with E-state index in [1.54, 1.807) is 18.2 Å². The number of hydrogen-bond acceptors (Lipinski definition) is 5. The van der Waals surface area contributed by atoms with Crippen LogP contribution in [0.25, 0.3) is 16.7 Å². The summed E-state index contributed by atoms with van der Waals surface area (Å²) in [5.74, 6) is 0. The molecule has 156 valence electrons. The second-order valence-electron chi connectivity index (χ2n) is 6.51. The maximum atomic E-state index is 12.7. The van der Waals surface area contributed by atoms with Gasteiger partial charge in [-0.3, -0.25) is 23.3 Å². The first-order valence-corrected chi connectivity index (χ1v) is 10.1. The zero-order chi connectivity index (χ0) is 21.7. The van der Waals surface area contributed by atoms with Crippen molar-refractivity contribution in [1.29, 1.82) is 0 Å². The Morgan fingerprint density at radius 1 is 0.967 bits per heavy atom. The Morgan fingerprint density at radius 2 is 1.63 bits per heavy atom. The molecule has 4 rings (SSSR count). The highest BCUT2D eigenvalue weighted by Gasteiger charge is 2.46. The lowest BCUT2D eigenvalue weighted by Gasteiger charge is -2.11. The van der Waals surface area contributed by atoms with Gasteiger partial charge in [0.2, 0.25) is 0 Å². The number of nitrogens with zero attached hydrogens (tertiary/aromatic N) is 3. The third-order valence-electron chi connectivity index (χ3n) is 4.59. The Kier molecular flexibility index (Phi) is 4.53. The van der Waals surface area contributed by atoms with Gasteiger partial charge in [-0.25, -0.2) is 4.98 Å². The summed E-state index contributed by atoms with van der Waals surface area (Å²) >= 11 is 0. The van der Waals surface area contributed by atoms with Crippen LogP contribution in [0.5, 0.6) is 0 Å². The van der Waals surface area contributed by atoms with Gasteiger partial charge in [0.15, 0.2) is 0 Å². The number of imidazole rings is 1. The van der Waals surface area contributed by atoms with E-state index in [4.69, 9.17) is 0 Å². The summed E-state index contributed by atoms with van der Waals surface area (Å²) in [4.78, 5) is 29.5. The topological polar surface area (TPSA) is 103 Å². The Labute approximate surface area is 166 Å². The van der Waals surface area contributed by atoms with Gasteiger partial charge >= 0.3 is 15.5 Å². The van der Waals surface area contributed by atoms with Crippen LogP contribution in [0.2, 0.25) is 0 Å². The molecule has 0 aliphatic heterocycles. The molecular weight excluding hydrogens is 425 g/mol. The molecule has 0 fully saturated rings. The number of aryl methyl sites for hydroxylation is 1. The standard InChI is InChI=1S/C18H13F3N4O4S/c19-18(20,21)30(28,29)23-12-6-4-11(5-7-12)8-9-24-16(26)13-2-1-3-15-22-10-14(17(24)27)25(13)15/h1-7,10,23H,8-9H2. The van der Waals surface area contributed by atoms with Gasteiger partial charge in [-0.1, -0.05) is 18.2 Å². The molecule has 30 heavy (non-hydrogen) atoms. The summed E-state index contributed by atoms with van der Waals surface area (Å²) in [6.45, 7) is 0.0346. The molecule has 1 aromatic carbocycles. The number of anilines is 1. The number of halogens is 3. The van der Waals surface area contributed by atoms with Gasteiger partial charge in [-0.05, 0) is 36.2 Å². The van der Waals surface area contributed by atoms with Crippen LogP contribution in [0, 0.1) is 0 Å². The molecule has 8 nitrogen and oxygen atoms in total. The van der Waals surface area contributed by atoms with Crippen molar-refractivity contribution >= 4 is 32.4 Å². The van der Waals surface area contributed by atoms with Crippen molar-refractivity contribution in [2.24, 2.45) is 0 Å². The molecule has 0 atom stereocenters. The highest BCUT2D eigenvalue weighted by molar-refractivity contribution is 7.93. The van der Waals surface area contributed by atoms with Crippen LogP contribution in [0.4, 0.5) is 18.9 Å². The predicted molar refractivity (Wildman–Crippen MR) is 103 cm³/mol. The van der Waals surface area contributed by atoms with E-state index in [0.29, 0.717) is 16.7 Å². The number of alkyl halides is 3. The van der Waals surface area contributed by atoms with E-state index in [9.17, 15) is 31.2 Å². The third-order valence-corrected chi connectivity index (χ3v) is 5.71. The fourth-order valence-electron chi connectivity index (χ4n) is 3.12. The van der Waals surface area contributed by atoms with Gasteiger partial charge in [0.1, 0.15) is 16.7 Å². The van der Waals surface area contributed by atoms with Crippen molar-refractivity contribution in [1.82, 2.24) is 14.0 Å². The maximum Gasteiger partial charge on any atom is 0.516 e. The molecule has 0 unspecified atom stereocenters. The first-order valence-electron chi connectivity index (χ1n) is 8.59. The lowest BCUT2D eigenvalue weighted by molar-refractivity contribution is -0.0429. The number of benzene rings is 1. The van der Waals surface area contributed by atoms with Crippen LogP contribution in [0.15, 0.2) is 58.3 Å². The van der Waals surface area contributed by atoms with Crippen LogP contribution < -0.4 is 15.8 Å². The van der Waals surface area contributed by atoms with E-state index in [0.717, 1.165) is 4.57 Å². The molecule has 0 amide bonds. The number of rotatable bonds is 5. The zero-order valence-corrected chi connectivity index (χ0v) is 15.9. The lowest BCUT2D eigenvalue weighted by atomic mass is 10.1. The van der Waals surface area contributed by atoms with Crippen molar-refractivity contribution in [3.63, 3.8) is 0 Å². The Bertz CT molecular complexity index is 1460. The smallest absolute Gasteiger partial charge is 0.283 e. The molecule has 1 N–H and O–H groups in total. The SMILES string of the molecule is O=c1c2cccc3ncc(c(=O)n1CCc1ccc(NS(=O)(=O)C(F)(F)F)cc1)n32. The van der Waals surface area contributed by atoms with Crippen LogP contribution in [0.1, 0.15) is 5.56 Å². The molecule has 4 aromatic rings. The average Bonchev–Trinajstić information content (AvgIpc) is 3.11. The van der Waals surface area contributed by atoms with Gasteiger partial charge in [0, 0.05) is 12.2 Å². The van der Waals surface area contributed by atoms with E-state index in [1.165, 1.54) is 39.6 Å². The largest absolute Gasteiger partial charge is 0.516 e. The van der Waals surface area contributed by atoms with Gasteiger partial charge in [0.25, 0.3) is 11.1 Å². The van der Waals surface area contributed by atoms with E-state index in [1.807, 2.05) is 0 Å². The summed E-state index contributed by atoms with van der Waals surface area (Å²) < 4.78 is 63.6. The summed E-state index contributed by atoms with van der Waals surface area (Å²) in [5.41, 5.74) is -5.00. The lowest BCUT2D eigenvalue weighted by Crippen LogP contribution is -2.35. The number of pyridine rings is 1. The molecule has 0 radical (unpaired) electrons. The molecule has 12 heteroatoms. The van der Waals surface area contributed by atoms with E-state index in [-0.39, 0.29) is 24.2 Å². The van der Waals surface area contributed by atoms with Crippen LogP contribution in [-0.4, -0.2) is 27.9 Å². The first kappa shape index (κ1) is 19.9. The molecular formula is C18H13F3N4O4S. The Balaban J connectivity index is 1.58. The summed E-state index contributed by atoms with van der Waals surface area (Å²) in [6, 6.07) is 10.1. The predicted octanol–water partition coefficient (Wildman–Crippen LogP) is 1.95. The van der Waals surface area contributed by atoms with Crippen LogP contribution in [-0.2, 0) is 23.0 Å². The fraction of sp³-hybridized carbons (Fsp3) is 0.167. The molecule has 0 saturated carbocycles. The second kappa shape index (κ2) is 6.83. The molecule has 0 aliphatic rings. The molecule has 3 aromatic heterocycles. The van der Waals surface area contributed by atoms with Gasteiger partial charge < -0.3 is 0 Å². The molecule has 0 aliphatic carbocycles. The zero-order valence-electron chi connectivity index (χ0n) is 15.0. The quantitative estimate of drug-likeness (QED) is 0.513. The van der Waals surface area contributed by atoms with E-state index >= 15 is 0 Å². The highest BCUT2D eigenvalue weighted by Crippen LogP contribution is 2.25.